The van der Waals surface area contributed by atoms with E-state index in [-0.39, 0.29) is 21.6 Å². The molecule has 7 nitrogen and oxygen atoms in total. The molecule has 39 heavy (non-hydrogen) atoms. The molecule has 3 aromatic carbocycles. The summed E-state index contributed by atoms with van der Waals surface area (Å²) >= 11 is 6.03. The second-order valence-electron chi connectivity index (χ2n) is 10.1. The van der Waals surface area contributed by atoms with Crippen molar-refractivity contribution in [2.24, 2.45) is 11.7 Å². The second-order valence-corrected chi connectivity index (χ2v) is 12.2. The van der Waals surface area contributed by atoms with E-state index in [1.165, 1.54) is 24.3 Å². The summed E-state index contributed by atoms with van der Waals surface area (Å²) in [6.45, 7) is 4.23. The van der Waals surface area contributed by atoms with Crippen molar-refractivity contribution in [1.82, 2.24) is 9.97 Å². The van der Waals surface area contributed by atoms with Crippen LogP contribution in [0.5, 0.6) is 0 Å². The minimum Gasteiger partial charge on any atom is -0.351 e. The lowest BCUT2D eigenvalue weighted by Crippen LogP contribution is -2.39. The van der Waals surface area contributed by atoms with Crippen molar-refractivity contribution in [3.8, 4) is 11.1 Å². The molecule has 0 bridgehead atoms. The summed E-state index contributed by atoms with van der Waals surface area (Å²) in [7, 11) is -4.05. The normalized spacial score (nSPS) is 19.7. The van der Waals surface area contributed by atoms with Gasteiger partial charge < -0.3 is 11.1 Å². The Morgan fingerprint density at radius 3 is 2.62 bits per heavy atom. The number of fused-ring (bicyclic) bond motifs is 1. The third kappa shape index (κ3) is 5.85. The monoisotopic (exact) mass is 567 g/mol. The standard InChI is InChI=1S/C29H31ClFN5O2S/c1-3-18-13-20(14-21-16-33-29(35-28(18)21)34-22-9-10-25(32)17(2)12-22)19-8-11-26(24(31)15-19)36-39(37,38)27-7-5-4-6-23(27)30/h4-8,11,13-17,22,25,36H,3,9-10,12,32H2,1-2H3,(H,33,34,35)/t17-,22-,25-/m1/s1. The van der Waals surface area contributed by atoms with Crippen molar-refractivity contribution in [3.63, 3.8) is 0 Å². The molecule has 1 aliphatic carbocycles. The molecule has 1 fully saturated rings. The predicted octanol–water partition coefficient (Wildman–Crippen LogP) is 6.38. The van der Waals surface area contributed by atoms with Gasteiger partial charge in [0, 0.05) is 23.7 Å². The third-order valence-electron chi connectivity index (χ3n) is 7.38. The minimum atomic E-state index is -4.05. The van der Waals surface area contributed by atoms with Crippen LogP contribution in [0.3, 0.4) is 0 Å². The number of nitrogens with zero attached hydrogens (tertiary/aromatic N) is 2. The Labute approximate surface area is 233 Å². The highest BCUT2D eigenvalue weighted by Gasteiger charge is 2.25. The predicted molar refractivity (Wildman–Crippen MR) is 155 cm³/mol. The molecule has 1 saturated carbocycles. The quantitative estimate of drug-likeness (QED) is 0.239. The largest absolute Gasteiger partial charge is 0.351 e. The first-order valence-corrected chi connectivity index (χ1v) is 14.9. The molecule has 5 rings (SSSR count). The van der Waals surface area contributed by atoms with E-state index >= 15 is 4.39 Å². The number of hydrogen-bond acceptors (Lipinski definition) is 6. The highest BCUT2D eigenvalue weighted by atomic mass is 35.5. The Kier molecular flexibility index (Phi) is 7.75. The molecule has 4 aromatic rings. The fraction of sp³-hybridized carbons (Fsp3) is 0.310. The number of halogens is 2. The van der Waals surface area contributed by atoms with Gasteiger partial charge >= 0.3 is 0 Å². The number of nitrogens with one attached hydrogen (secondary N) is 2. The summed E-state index contributed by atoms with van der Waals surface area (Å²) in [4.78, 5) is 9.24. The first-order valence-electron chi connectivity index (χ1n) is 13.0. The fourth-order valence-electron chi connectivity index (χ4n) is 5.10. The highest BCUT2D eigenvalue weighted by molar-refractivity contribution is 7.92. The Hall–Kier alpha value is -3.27. The van der Waals surface area contributed by atoms with Crippen LogP contribution in [0.4, 0.5) is 16.0 Å². The number of benzene rings is 3. The van der Waals surface area contributed by atoms with Gasteiger partial charge in [0.1, 0.15) is 10.7 Å². The van der Waals surface area contributed by atoms with E-state index in [0.717, 1.165) is 47.7 Å². The number of sulfonamides is 1. The number of aromatic nitrogens is 2. The van der Waals surface area contributed by atoms with Crippen molar-refractivity contribution < 1.29 is 12.8 Å². The number of anilines is 2. The Bertz CT molecular complexity index is 1630. The minimum absolute atomic E-state index is 0.0587. The summed E-state index contributed by atoms with van der Waals surface area (Å²) in [6.07, 6.45) is 5.47. The zero-order valence-electron chi connectivity index (χ0n) is 21.8. The Balaban J connectivity index is 1.40. The Morgan fingerprint density at radius 2 is 1.90 bits per heavy atom. The molecule has 1 aliphatic rings. The van der Waals surface area contributed by atoms with Gasteiger partial charge in [0.25, 0.3) is 10.0 Å². The number of nitrogens with two attached hydrogens (primary N) is 1. The van der Waals surface area contributed by atoms with Gasteiger partial charge in [0.05, 0.1) is 16.2 Å². The van der Waals surface area contributed by atoms with Gasteiger partial charge in [-0.15, -0.1) is 0 Å². The van der Waals surface area contributed by atoms with Crippen LogP contribution in [0, 0.1) is 11.7 Å². The van der Waals surface area contributed by atoms with E-state index < -0.39 is 15.8 Å². The summed E-state index contributed by atoms with van der Waals surface area (Å²) < 4.78 is 42.9. The van der Waals surface area contributed by atoms with Crippen molar-refractivity contribution in [2.75, 3.05) is 10.0 Å². The average molecular weight is 568 g/mol. The van der Waals surface area contributed by atoms with Crippen molar-refractivity contribution in [1.29, 1.82) is 0 Å². The van der Waals surface area contributed by atoms with Gasteiger partial charge in [-0.1, -0.05) is 43.6 Å². The van der Waals surface area contributed by atoms with Crippen molar-refractivity contribution >= 4 is 44.2 Å². The maximum Gasteiger partial charge on any atom is 0.263 e. The molecule has 3 atom stereocenters. The summed E-state index contributed by atoms with van der Waals surface area (Å²) in [6, 6.07) is 14.9. The first-order chi connectivity index (χ1) is 18.6. The number of hydrogen-bond donors (Lipinski definition) is 3. The SMILES string of the molecule is CCc1cc(-c2ccc(NS(=O)(=O)c3ccccc3Cl)c(F)c2)cc2cnc(N[C@@H]3CC[C@@H](N)[C@H](C)C3)nc12. The smallest absolute Gasteiger partial charge is 0.263 e. The summed E-state index contributed by atoms with van der Waals surface area (Å²) in [5, 5.41) is 4.38. The van der Waals surface area contributed by atoms with Gasteiger partial charge in [-0.05, 0) is 84.7 Å². The van der Waals surface area contributed by atoms with E-state index in [0.29, 0.717) is 23.5 Å². The van der Waals surface area contributed by atoms with E-state index in [1.54, 1.807) is 24.4 Å². The maximum absolute atomic E-state index is 15.1. The van der Waals surface area contributed by atoms with E-state index in [9.17, 15) is 8.42 Å². The zero-order chi connectivity index (χ0) is 27.7. The average Bonchev–Trinajstić information content (AvgIpc) is 2.91. The van der Waals surface area contributed by atoms with Gasteiger partial charge in [0.2, 0.25) is 5.95 Å². The van der Waals surface area contributed by atoms with Crippen LogP contribution >= 0.6 is 11.6 Å². The van der Waals surface area contributed by atoms with Crippen LogP contribution in [-0.4, -0.2) is 30.5 Å². The van der Waals surface area contributed by atoms with Crippen LogP contribution in [0.2, 0.25) is 5.02 Å². The molecule has 0 amide bonds. The third-order valence-corrected chi connectivity index (χ3v) is 9.25. The van der Waals surface area contributed by atoms with E-state index in [1.807, 2.05) is 19.1 Å². The molecule has 1 aromatic heterocycles. The van der Waals surface area contributed by atoms with Gasteiger partial charge in [-0.2, -0.15) is 0 Å². The van der Waals surface area contributed by atoms with Gasteiger partial charge in [-0.25, -0.2) is 22.8 Å². The molecule has 1 heterocycles. The highest BCUT2D eigenvalue weighted by Crippen LogP contribution is 2.32. The van der Waals surface area contributed by atoms with Crippen LogP contribution < -0.4 is 15.8 Å². The molecule has 10 heteroatoms. The maximum atomic E-state index is 15.1. The molecule has 0 spiro atoms. The molecule has 0 radical (unpaired) electrons. The van der Waals surface area contributed by atoms with Gasteiger partial charge in [0.15, 0.2) is 0 Å². The Morgan fingerprint density at radius 1 is 1.10 bits per heavy atom. The zero-order valence-corrected chi connectivity index (χ0v) is 23.4. The topological polar surface area (TPSA) is 110 Å². The van der Waals surface area contributed by atoms with Crippen LogP contribution in [-0.2, 0) is 16.4 Å². The molecule has 0 aliphatic heterocycles. The second kappa shape index (κ2) is 11.1. The van der Waals surface area contributed by atoms with Crippen LogP contribution in [0.15, 0.2) is 65.7 Å². The molecular weight excluding hydrogens is 537 g/mol. The molecule has 0 saturated heterocycles. The van der Waals surface area contributed by atoms with Crippen LogP contribution in [0.25, 0.3) is 22.0 Å². The number of aryl methyl sites for hydroxylation is 1. The lowest BCUT2D eigenvalue weighted by molar-refractivity contribution is 0.310. The molecular formula is C29H31ClFN5O2S. The van der Waals surface area contributed by atoms with Crippen molar-refractivity contribution in [3.05, 3.63) is 77.2 Å². The van der Waals surface area contributed by atoms with Crippen LogP contribution in [0.1, 0.15) is 38.7 Å². The molecule has 0 unspecified atom stereocenters. The molecule has 204 valence electrons. The summed E-state index contributed by atoms with van der Waals surface area (Å²) in [5.41, 5.74) is 9.27. The first kappa shape index (κ1) is 27.3. The number of rotatable bonds is 7. The lowest BCUT2D eigenvalue weighted by atomic mass is 9.83. The lowest BCUT2D eigenvalue weighted by Gasteiger charge is -2.32. The van der Waals surface area contributed by atoms with E-state index in [2.05, 4.69) is 21.9 Å². The molecule has 4 N–H and O–H groups in total. The van der Waals surface area contributed by atoms with Crippen molar-refractivity contribution in [2.45, 2.75) is 56.5 Å². The summed E-state index contributed by atoms with van der Waals surface area (Å²) in [5.74, 6) is 0.348. The fourth-order valence-corrected chi connectivity index (χ4v) is 6.69. The van der Waals surface area contributed by atoms with Gasteiger partial charge in [-0.3, -0.25) is 4.72 Å². The van der Waals surface area contributed by atoms with E-state index in [4.69, 9.17) is 22.3 Å².